The first kappa shape index (κ1) is 10.3. The molecule has 2 unspecified atom stereocenters. The van der Waals surface area contributed by atoms with Crippen molar-refractivity contribution in [1.82, 2.24) is 0 Å². The lowest BCUT2D eigenvalue weighted by atomic mass is 9.96. The highest BCUT2D eigenvalue weighted by atomic mass is 35.5. The number of alkyl halides is 1. The van der Waals surface area contributed by atoms with Crippen LogP contribution in [0.5, 0.6) is 0 Å². The Hall–Kier alpha value is -0.200. The van der Waals surface area contributed by atoms with E-state index in [9.17, 15) is 0 Å². The van der Waals surface area contributed by atoms with Gasteiger partial charge in [-0.05, 0) is 37.0 Å². The van der Waals surface area contributed by atoms with Gasteiger partial charge in [-0.3, -0.25) is 0 Å². The van der Waals surface area contributed by atoms with Crippen molar-refractivity contribution in [3.63, 3.8) is 0 Å². The summed E-state index contributed by atoms with van der Waals surface area (Å²) in [5.74, 6) is 0.509. The number of aryl methyl sites for hydroxylation is 1. The van der Waals surface area contributed by atoms with E-state index in [0.717, 1.165) is 17.0 Å². The quantitative estimate of drug-likeness (QED) is 0.621. The molecule has 0 N–H and O–H groups in total. The SMILES string of the molecule is Cc1ccc(C2CCCC2Cl)cc1Cl. The summed E-state index contributed by atoms with van der Waals surface area (Å²) < 4.78 is 0. The average Bonchev–Trinajstić information content (AvgIpc) is 2.57. The van der Waals surface area contributed by atoms with Gasteiger partial charge in [-0.1, -0.05) is 30.2 Å². The molecule has 0 bridgehead atoms. The summed E-state index contributed by atoms with van der Waals surface area (Å²) in [4.78, 5) is 0. The van der Waals surface area contributed by atoms with Crippen LogP contribution in [0.25, 0.3) is 0 Å². The van der Waals surface area contributed by atoms with E-state index in [1.807, 2.05) is 6.92 Å². The minimum absolute atomic E-state index is 0.300. The highest BCUT2D eigenvalue weighted by Gasteiger charge is 2.26. The van der Waals surface area contributed by atoms with E-state index in [-0.39, 0.29) is 0 Å². The molecule has 0 aromatic heterocycles. The molecule has 0 spiro atoms. The molecule has 1 fully saturated rings. The Morgan fingerprint density at radius 3 is 2.64 bits per heavy atom. The van der Waals surface area contributed by atoms with E-state index in [2.05, 4.69) is 18.2 Å². The molecule has 2 rings (SSSR count). The van der Waals surface area contributed by atoms with Crippen molar-refractivity contribution >= 4 is 23.2 Å². The first-order valence-electron chi connectivity index (χ1n) is 5.08. The number of hydrogen-bond acceptors (Lipinski definition) is 0. The third-order valence-corrected chi connectivity index (χ3v) is 3.99. The van der Waals surface area contributed by atoms with Crippen LogP contribution in [0.1, 0.15) is 36.3 Å². The Bertz CT molecular complexity index is 333. The summed E-state index contributed by atoms with van der Waals surface area (Å²) in [7, 11) is 0. The molecule has 1 aromatic carbocycles. The topological polar surface area (TPSA) is 0 Å². The van der Waals surface area contributed by atoms with E-state index < -0.39 is 0 Å². The first-order chi connectivity index (χ1) is 6.68. The third-order valence-electron chi connectivity index (χ3n) is 3.06. The zero-order chi connectivity index (χ0) is 10.1. The van der Waals surface area contributed by atoms with E-state index >= 15 is 0 Å². The Labute approximate surface area is 95.2 Å². The molecule has 0 nitrogen and oxygen atoms in total. The molecule has 0 amide bonds. The van der Waals surface area contributed by atoms with E-state index in [1.54, 1.807) is 0 Å². The van der Waals surface area contributed by atoms with Gasteiger partial charge in [0.1, 0.15) is 0 Å². The van der Waals surface area contributed by atoms with Crippen LogP contribution in [-0.2, 0) is 0 Å². The molecule has 2 heteroatoms. The van der Waals surface area contributed by atoms with E-state index in [4.69, 9.17) is 23.2 Å². The van der Waals surface area contributed by atoms with Crippen LogP contribution in [0.2, 0.25) is 5.02 Å². The summed E-state index contributed by atoms with van der Waals surface area (Å²) in [5, 5.41) is 1.16. The van der Waals surface area contributed by atoms with Crippen molar-refractivity contribution in [1.29, 1.82) is 0 Å². The minimum atomic E-state index is 0.300. The molecule has 14 heavy (non-hydrogen) atoms. The van der Waals surface area contributed by atoms with Crippen molar-refractivity contribution in [2.75, 3.05) is 0 Å². The van der Waals surface area contributed by atoms with Gasteiger partial charge in [-0.25, -0.2) is 0 Å². The zero-order valence-electron chi connectivity index (χ0n) is 8.26. The second-order valence-corrected chi connectivity index (χ2v) is 5.03. The molecule has 2 atom stereocenters. The van der Waals surface area contributed by atoms with Gasteiger partial charge >= 0.3 is 0 Å². The normalized spacial score (nSPS) is 26.8. The Morgan fingerprint density at radius 2 is 2.07 bits per heavy atom. The van der Waals surface area contributed by atoms with Gasteiger partial charge in [0.15, 0.2) is 0 Å². The molecule has 0 saturated heterocycles. The van der Waals surface area contributed by atoms with Gasteiger partial charge in [-0.2, -0.15) is 0 Å². The van der Waals surface area contributed by atoms with Crippen LogP contribution in [0, 0.1) is 6.92 Å². The smallest absolute Gasteiger partial charge is 0.0438 e. The maximum Gasteiger partial charge on any atom is 0.0438 e. The molecule has 0 radical (unpaired) electrons. The Balaban J connectivity index is 2.28. The maximum atomic E-state index is 6.26. The number of benzene rings is 1. The molecule has 1 aliphatic carbocycles. The monoisotopic (exact) mass is 228 g/mol. The fraction of sp³-hybridized carbons (Fsp3) is 0.500. The van der Waals surface area contributed by atoms with Crippen LogP contribution in [-0.4, -0.2) is 5.38 Å². The average molecular weight is 229 g/mol. The Morgan fingerprint density at radius 1 is 1.29 bits per heavy atom. The molecule has 1 aliphatic rings. The van der Waals surface area contributed by atoms with Crippen molar-refractivity contribution in [2.24, 2.45) is 0 Å². The number of rotatable bonds is 1. The maximum absolute atomic E-state index is 6.26. The molecule has 0 heterocycles. The van der Waals surface area contributed by atoms with Gasteiger partial charge in [0, 0.05) is 16.3 Å². The molecular formula is C12H14Cl2. The molecule has 0 aliphatic heterocycles. The minimum Gasteiger partial charge on any atom is -0.122 e. The van der Waals surface area contributed by atoms with Crippen molar-refractivity contribution in [2.45, 2.75) is 37.5 Å². The fourth-order valence-electron chi connectivity index (χ4n) is 2.13. The highest BCUT2D eigenvalue weighted by molar-refractivity contribution is 6.31. The van der Waals surface area contributed by atoms with Gasteiger partial charge in [-0.15, -0.1) is 11.6 Å². The lowest BCUT2D eigenvalue weighted by Crippen LogP contribution is -2.04. The second-order valence-electron chi connectivity index (χ2n) is 4.06. The third kappa shape index (κ3) is 1.92. The summed E-state index contributed by atoms with van der Waals surface area (Å²) in [6.07, 6.45) is 3.58. The lowest BCUT2D eigenvalue weighted by Gasteiger charge is -2.14. The summed E-state index contributed by atoms with van der Waals surface area (Å²) in [6, 6.07) is 6.31. The summed E-state index contributed by atoms with van der Waals surface area (Å²) in [5.41, 5.74) is 2.44. The standard InChI is InChI=1S/C12H14Cl2/c1-8-5-6-9(7-12(8)14)10-3-2-4-11(10)13/h5-7,10-11H,2-4H2,1H3. The largest absolute Gasteiger partial charge is 0.122 e. The van der Waals surface area contributed by atoms with Gasteiger partial charge in [0.2, 0.25) is 0 Å². The van der Waals surface area contributed by atoms with Gasteiger partial charge < -0.3 is 0 Å². The van der Waals surface area contributed by atoms with Crippen LogP contribution in [0.15, 0.2) is 18.2 Å². The van der Waals surface area contributed by atoms with Crippen LogP contribution in [0.3, 0.4) is 0 Å². The van der Waals surface area contributed by atoms with Gasteiger partial charge in [0.05, 0.1) is 0 Å². The predicted molar refractivity (Wildman–Crippen MR) is 62.4 cm³/mol. The highest BCUT2D eigenvalue weighted by Crippen LogP contribution is 2.39. The molecular weight excluding hydrogens is 215 g/mol. The van der Waals surface area contributed by atoms with Gasteiger partial charge in [0.25, 0.3) is 0 Å². The summed E-state index contributed by atoms with van der Waals surface area (Å²) in [6.45, 7) is 2.03. The predicted octanol–water partition coefficient (Wildman–Crippen LogP) is 4.52. The molecule has 1 saturated carbocycles. The number of hydrogen-bond donors (Lipinski definition) is 0. The zero-order valence-corrected chi connectivity index (χ0v) is 9.78. The van der Waals surface area contributed by atoms with Crippen LogP contribution >= 0.6 is 23.2 Å². The first-order valence-corrected chi connectivity index (χ1v) is 5.90. The Kier molecular flexibility index (Phi) is 3.04. The van der Waals surface area contributed by atoms with E-state index in [1.165, 1.54) is 18.4 Å². The van der Waals surface area contributed by atoms with E-state index in [0.29, 0.717) is 11.3 Å². The lowest BCUT2D eigenvalue weighted by molar-refractivity contribution is 0.730. The molecule has 1 aromatic rings. The van der Waals surface area contributed by atoms with Crippen molar-refractivity contribution in [3.8, 4) is 0 Å². The number of halogens is 2. The van der Waals surface area contributed by atoms with Crippen molar-refractivity contribution < 1.29 is 0 Å². The van der Waals surface area contributed by atoms with Crippen molar-refractivity contribution in [3.05, 3.63) is 34.3 Å². The van der Waals surface area contributed by atoms with Crippen LogP contribution < -0.4 is 0 Å². The fourth-order valence-corrected chi connectivity index (χ4v) is 2.74. The second kappa shape index (κ2) is 4.12. The van der Waals surface area contributed by atoms with Crippen LogP contribution in [0.4, 0.5) is 0 Å². The molecule has 76 valence electrons. The summed E-state index contributed by atoms with van der Waals surface area (Å²) >= 11 is 12.4.